The molecule has 4 nitrogen and oxygen atoms in total. The predicted octanol–water partition coefficient (Wildman–Crippen LogP) is 4.76. The first-order valence-electron chi connectivity index (χ1n) is 6.99. The molecule has 1 heterocycles. The molecule has 0 atom stereocenters. The maximum Gasteiger partial charge on any atom is 0.417 e. The van der Waals surface area contributed by atoms with E-state index < -0.39 is 17.6 Å². The molecule has 0 saturated carbocycles. The largest absolute Gasteiger partial charge is 0.417 e. The molecule has 0 saturated heterocycles. The highest BCUT2D eigenvalue weighted by atomic mass is 79.9. The summed E-state index contributed by atoms with van der Waals surface area (Å²) in [6.45, 7) is 0. The Morgan fingerprint density at radius 3 is 2.68 bits per heavy atom. The van der Waals surface area contributed by atoms with Crippen LogP contribution in [0, 0.1) is 0 Å². The van der Waals surface area contributed by atoms with E-state index in [-0.39, 0.29) is 21.6 Å². The fourth-order valence-corrected chi connectivity index (χ4v) is 3.51. The second-order valence-corrected chi connectivity index (χ2v) is 7.07. The van der Waals surface area contributed by atoms with Gasteiger partial charge in [-0.3, -0.25) is 9.59 Å². The Morgan fingerprint density at radius 1 is 1.20 bits per heavy atom. The summed E-state index contributed by atoms with van der Waals surface area (Å²) in [4.78, 5) is 24.6. The van der Waals surface area contributed by atoms with Gasteiger partial charge in [-0.15, -0.1) is 11.8 Å². The van der Waals surface area contributed by atoms with E-state index in [2.05, 4.69) is 26.6 Å². The maximum absolute atomic E-state index is 12.9. The summed E-state index contributed by atoms with van der Waals surface area (Å²) in [5.41, 5.74) is -0.102. The number of halogens is 4. The fourth-order valence-electron chi connectivity index (χ4n) is 2.25. The molecule has 0 unspecified atom stereocenters. The van der Waals surface area contributed by atoms with Crippen molar-refractivity contribution in [2.24, 2.45) is 0 Å². The Balaban J connectivity index is 1.83. The van der Waals surface area contributed by atoms with Crippen LogP contribution in [0.4, 0.5) is 24.5 Å². The highest BCUT2D eigenvalue weighted by molar-refractivity contribution is 9.10. The summed E-state index contributed by atoms with van der Waals surface area (Å²) < 4.78 is 38.7. The Labute approximate surface area is 153 Å². The van der Waals surface area contributed by atoms with Gasteiger partial charge in [-0.2, -0.15) is 13.2 Å². The van der Waals surface area contributed by atoms with E-state index in [9.17, 15) is 22.8 Å². The minimum atomic E-state index is -4.53. The van der Waals surface area contributed by atoms with Crippen LogP contribution in [0.1, 0.15) is 15.9 Å². The third-order valence-corrected chi connectivity index (χ3v) is 5.17. The third kappa shape index (κ3) is 3.98. The van der Waals surface area contributed by atoms with Gasteiger partial charge in [-0.1, -0.05) is 15.9 Å². The number of alkyl halides is 3. The molecule has 0 fully saturated rings. The van der Waals surface area contributed by atoms with Gasteiger partial charge in [-0.25, -0.2) is 0 Å². The number of hydrogen-bond donors (Lipinski definition) is 2. The van der Waals surface area contributed by atoms with Crippen molar-refractivity contribution in [2.45, 2.75) is 11.1 Å². The molecule has 3 rings (SSSR count). The van der Waals surface area contributed by atoms with E-state index in [0.29, 0.717) is 11.4 Å². The van der Waals surface area contributed by atoms with Gasteiger partial charge in [0.2, 0.25) is 5.91 Å². The van der Waals surface area contributed by atoms with Gasteiger partial charge < -0.3 is 10.6 Å². The molecule has 0 radical (unpaired) electrons. The monoisotopic (exact) mass is 430 g/mol. The van der Waals surface area contributed by atoms with Crippen LogP contribution < -0.4 is 10.6 Å². The number of amides is 2. The van der Waals surface area contributed by atoms with Gasteiger partial charge >= 0.3 is 6.18 Å². The number of nitrogens with one attached hydrogen (secondary N) is 2. The normalized spacial score (nSPS) is 13.8. The van der Waals surface area contributed by atoms with Crippen LogP contribution in [0.15, 0.2) is 45.8 Å². The molecule has 1 aliphatic heterocycles. The number of hydrogen-bond acceptors (Lipinski definition) is 3. The maximum atomic E-state index is 12.9. The number of benzene rings is 2. The smallest absolute Gasteiger partial charge is 0.324 e. The molecule has 0 bridgehead atoms. The Kier molecular flexibility index (Phi) is 4.79. The van der Waals surface area contributed by atoms with Gasteiger partial charge in [0.05, 0.1) is 17.0 Å². The van der Waals surface area contributed by atoms with Gasteiger partial charge in [0.25, 0.3) is 5.91 Å². The highest BCUT2D eigenvalue weighted by Crippen LogP contribution is 2.36. The molecular weight excluding hydrogens is 421 g/mol. The molecule has 130 valence electrons. The Hall–Kier alpha value is -2.00. The zero-order chi connectivity index (χ0) is 18.2. The van der Waals surface area contributed by atoms with Crippen molar-refractivity contribution in [3.05, 3.63) is 52.0 Å². The minimum Gasteiger partial charge on any atom is -0.324 e. The van der Waals surface area contributed by atoms with Crippen molar-refractivity contribution >= 4 is 50.9 Å². The van der Waals surface area contributed by atoms with E-state index in [1.54, 1.807) is 12.1 Å². The lowest BCUT2D eigenvalue weighted by Crippen LogP contribution is -2.20. The molecule has 0 aromatic heterocycles. The molecular formula is C16H10BrF3N2O2S. The predicted molar refractivity (Wildman–Crippen MR) is 92.9 cm³/mol. The number of carbonyl (C=O) groups is 2. The molecule has 0 spiro atoms. The molecule has 25 heavy (non-hydrogen) atoms. The van der Waals surface area contributed by atoms with Crippen molar-refractivity contribution in [3.63, 3.8) is 0 Å². The van der Waals surface area contributed by atoms with Crippen molar-refractivity contribution in [1.29, 1.82) is 0 Å². The first kappa shape index (κ1) is 17.8. The number of carbonyl (C=O) groups excluding carboxylic acids is 2. The first-order chi connectivity index (χ1) is 11.7. The average Bonchev–Trinajstić information content (AvgIpc) is 2.54. The standard InChI is InChI=1S/C16H10BrF3N2O2S/c17-11-3-2-9(6-10(11)16(18,19)20)21-15(24)8-1-4-13-12(5-8)22-14(23)7-25-13/h1-6H,7H2,(H,21,24)(H,22,23). The second kappa shape index (κ2) is 6.72. The molecule has 2 aromatic rings. The SMILES string of the molecule is O=C1CSc2ccc(C(=O)Nc3ccc(Br)c(C(F)(F)F)c3)cc2N1. The summed E-state index contributed by atoms with van der Waals surface area (Å²) >= 11 is 4.20. The zero-order valence-corrected chi connectivity index (χ0v) is 14.8. The molecule has 2 N–H and O–H groups in total. The van der Waals surface area contributed by atoms with Crippen LogP contribution >= 0.6 is 27.7 Å². The summed E-state index contributed by atoms with van der Waals surface area (Å²) in [7, 11) is 0. The highest BCUT2D eigenvalue weighted by Gasteiger charge is 2.33. The molecule has 2 aromatic carbocycles. The zero-order valence-electron chi connectivity index (χ0n) is 12.4. The van der Waals surface area contributed by atoms with Crippen LogP contribution in [-0.2, 0) is 11.0 Å². The Morgan fingerprint density at radius 2 is 1.96 bits per heavy atom. The van der Waals surface area contributed by atoms with E-state index in [1.807, 2.05) is 0 Å². The number of anilines is 2. The number of thioether (sulfide) groups is 1. The van der Waals surface area contributed by atoms with Crippen molar-refractivity contribution < 1.29 is 22.8 Å². The molecule has 0 aliphatic carbocycles. The minimum absolute atomic E-state index is 0.0247. The van der Waals surface area contributed by atoms with Crippen LogP contribution in [0.5, 0.6) is 0 Å². The van der Waals surface area contributed by atoms with Crippen LogP contribution in [-0.4, -0.2) is 17.6 Å². The summed E-state index contributed by atoms with van der Waals surface area (Å²) in [5.74, 6) is -0.432. The van der Waals surface area contributed by atoms with Crippen LogP contribution in [0.25, 0.3) is 0 Å². The number of fused-ring (bicyclic) bond motifs is 1. The van der Waals surface area contributed by atoms with Crippen molar-refractivity contribution in [2.75, 3.05) is 16.4 Å². The number of rotatable bonds is 2. The lowest BCUT2D eigenvalue weighted by Gasteiger charge is -2.17. The average molecular weight is 431 g/mol. The Bertz CT molecular complexity index is 871. The third-order valence-electron chi connectivity index (χ3n) is 3.40. The summed E-state index contributed by atoms with van der Waals surface area (Å²) in [6.07, 6.45) is -4.53. The van der Waals surface area contributed by atoms with E-state index in [0.717, 1.165) is 11.0 Å². The van der Waals surface area contributed by atoms with E-state index in [4.69, 9.17) is 0 Å². The van der Waals surface area contributed by atoms with E-state index in [1.165, 1.54) is 30.0 Å². The van der Waals surface area contributed by atoms with Gasteiger partial charge in [-0.05, 0) is 36.4 Å². The van der Waals surface area contributed by atoms with Crippen molar-refractivity contribution in [1.82, 2.24) is 0 Å². The summed E-state index contributed by atoms with van der Waals surface area (Å²) in [6, 6.07) is 8.20. The van der Waals surface area contributed by atoms with Gasteiger partial charge in [0, 0.05) is 20.6 Å². The van der Waals surface area contributed by atoms with Gasteiger partial charge in [0.15, 0.2) is 0 Å². The second-order valence-electron chi connectivity index (χ2n) is 5.19. The molecule has 2 amide bonds. The van der Waals surface area contributed by atoms with Gasteiger partial charge in [0.1, 0.15) is 0 Å². The topological polar surface area (TPSA) is 58.2 Å². The lowest BCUT2D eigenvalue weighted by atomic mass is 10.1. The van der Waals surface area contributed by atoms with Crippen LogP contribution in [0.2, 0.25) is 0 Å². The van der Waals surface area contributed by atoms with E-state index >= 15 is 0 Å². The molecule has 9 heteroatoms. The van der Waals surface area contributed by atoms with Crippen molar-refractivity contribution in [3.8, 4) is 0 Å². The fraction of sp³-hybridized carbons (Fsp3) is 0.125. The molecule has 1 aliphatic rings. The quantitative estimate of drug-likeness (QED) is 0.721. The van der Waals surface area contributed by atoms with Crippen LogP contribution in [0.3, 0.4) is 0 Å². The first-order valence-corrected chi connectivity index (χ1v) is 8.77. The lowest BCUT2D eigenvalue weighted by molar-refractivity contribution is -0.138. The summed E-state index contributed by atoms with van der Waals surface area (Å²) in [5, 5.41) is 5.10.